The van der Waals surface area contributed by atoms with Crippen LogP contribution in [0.3, 0.4) is 0 Å². The van der Waals surface area contributed by atoms with Crippen LogP contribution in [0, 0.1) is 5.41 Å². The molecule has 0 aromatic heterocycles. The first-order valence-corrected chi connectivity index (χ1v) is 16.0. The lowest BCUT2D eigenvalue weighted by Crippen LogP contribution is -2.44. The summed E-state index contributed by atoms with van der Waals surface area (Å²) in [6.07, 6.45) is 0. The zero-order valence-electron chi connectivity index (χ0n) is 22.8. The van der Waals surface area contributed by atoms with Crippen LogP contribution in [0.1, 0.15) is 34.1 Å². The lowest BCUT2D eigenvalue weighted by molar-refractivity contribution is -0.0763. The van der Waals surface area contributed by atoms with Gasteiger partial charge in [0.05, 0.1) is 45.1 Å². The highest BCUT2D eigenvalue weighted by Crippen LogP contribution is 2.53. The van der Waals surface area contributed by atoms with Crippen molar-refractivity contribution in [2.75, 3.05) is 39.6 Å². The minimum atomic E-state index is -1.45. The summed E-state index contributed by atoms with van der Waals surface area (Å²) in [5, 5.41) is 0. The van der Waals surface area contributed by atoms with E-state index in [0.717, 1.165) is 0 Å². The molecule has 8 heteroatoms. The summed E-state index contributed by atoms with van der Waals surface area (Å²) in [7, 11) is -2.90. The molecule has 212 valence electrons. The third-order valence-electron chi connectivity index (χ3n) is 7.41. The van der Waals surface area contributed by atoms with Crippen molar-refractivity contribution in [1.29, 1.82) is 0 Å². The quantitative estimate of drug-likeness (QED) is 0.174. The van der Waals surface area contributed by atoms with Crippen molar-refractivity contribution in [1.82, 2.24) is 0 Å². The predicted molar refractivity (Wildman–Crippen MR) is 161 cm³/mol. The Balaban J connectivity index is 0.991. The van der Waals surface area contributed by atoms with Crippen LogP contribution in [0.15, 0.2) is 121 Å². The Morgan fingerprint density at radius 3 is 1.00 bits per heavy atom. The Morgan fingerprint density at radius 1 is 0.463 bits per heavy atom. The second-order valence-corrected chi connectivity index (χ2v) is 12.8. The number of hydrogen-bond donors (Lipinski definition) is 0. The summed E-state index contributed by atoms with van der Waals surface area (Å²) in [6, 6.07) is 41.6. The minimum Gasteiger partial charge on any atom is -0.311 e. The Hall–Kier alpha value is -2.50. The van der Waals surface area contributed by atoms with E-state index >= 15 is 0 Å². The molecule has 0 aliphatic carbocycles. The van der Waals surface area contributed by atoms with E-state index in [1.807, 2.05) is 24.3 Å². The maximum atomic E-state index is 6.18. The normalized spacial score (nSPS) is 22.8. The van der Waals surface area contributed by atoms with Gasteiger partial charge in [-0.05, 0) is 22.3 Å². The Labute approximate surface area is 244 Å². The molecule has 4 aromatic rings. The average Bonchev–Trinajstić information content (AvgIpc) is 3.05. The maximum absolute atomic E-state index is 6.18. The first-order chi connectivity index (χ1) is 20.3. The number of benzene rings is 4. The fourth-order valence-electron chi connectivity index (χ4n) is 5.01. The molecular formula is C33H34O6P2. The van der Waals surface area contributed by atoms with Gasteiger partial charge in [0.2, 0.25) is 0 Å². The van der Waals surface area contributed by atoms with Crippen LogP contribution in [-0.4, -0.2) is 39.6 Å². The van der Waals surface area contributed by atoms with E-state index in [0.29, 0.717) is 39.6 Å². The van der Waals surface area contributed by atoms with E-state index in [4.69, 9.17) is 27.1 Å². The maximum Gasteiger partial charge on any atom is 0.332 e. The fraction of sp³-hybridized carbons (Fsp3) is 0.273. The molecule has 41 heavy (non-hydrogen) atoms. The highest BCUT2D eigenvalue weighted by atomic mass is 31.2. The Kier molecular flexibility index (Phi) is 9.85. The van der Waals surface area contributed by atoms with E-state index < -0.39 is 17.2 Å². The van der Waals surface area contributed by atoms with Gasteiger partial charge in [-0.2, -0.15) is 0 Å². The van der Waals surface area contributed by atoms with Gasteiger partial charge >= 0.3 is 17.2 Å². The van der Waals surface area contributed by atoms with Crippen molar-refractivity contribution in [2.45, 2.75) is 11.8 Å². The molecule has 0 saturated carbocycles. The second-order valence-electron chi connectivity index (χ2n) is 10.4. The largest absolute Gasteiger partial charge is 0.332 e. The van der Waals surface area contributed by atoms with Crippen molar-refractivity contribution in [3.8, 4) is 0 Å². The van der Waals surface area contributed by atoms with Crippen LogP contribution in [0.4, 0.5) is 0 Å². The predicted octanol–water partition coefficient (Wildman–Crippen LogP) is 8.22. The Bertz CT molecular complexity index is 1130. The van der Waals surface area contributed by atoms with Crippen LogP contribution >= 0.6 is 17.2 Å². The van der Waals surface area contributed by atoms with Crippen molar-refractivity contribution >= 4 is 17.2 Å². The zero-order chi connectivity index (χ0) is 27.7. The molecule has 0 radical (unpaired) electrons. The summed E-state index contributed by atoms with van der Waals surface area (Å²) in [4.78, 5) is 0. The molecule has 2 aliphatic heterocycles. The molecule has 0 atom stereocenters. The highest BCUT2D eigenvalue weighted by Gasteiger charge is 2.44. The van der Waals surface area contributed by atoms with Crippen molar-refractivity contribution in [3.63, 3.8) is 0 Å². The summed E-state index contributed by atoms with van der Waals surface area (Å²) in [5.41, 5.74) is 4.44. The summed E-state index contributed by atoms with van der Waals surface area (Å²) in [6.45, 7) is 2.78. The molecule has 4 aromatic carbocycles. The second kappa shape index (κ2) is 14.1. The van der Waals surface area contributed by atoms with Crippen LogP contribution in [-0.2, 0) is 27.1 Å². The lowest BCUT2D eigenvalue weighted by atomic mass is 9.92. The molecular weight excluding hydrogens is 554 g/mol. The van der Waals surface area contributed by atoms with Gasteiger partial charge in [0.1, 0.15) is 0 Å². The molecule has 2 aliphatic rings. The summed E-state index contributed by atoms with van der Waals surface area (Å²) >= 11 is 0. The smallest absolute Gasteiger partial charge is 0.311 e. The molecule has 2 heterocycles. The van der Waals surface area contributed by atoms with Gasteiger partial charge in [0.15, 0.2) is 0 Å². The Morgan fingerprint density at radius 2 is 0.732 bits per heavy atom. The van der Waals surface area contributed by atoms with E-state index in [1.165, 1.54) is 22.3 Å². The van der Waals surface area contributed by atoms with Crippen LogP contribution in [0.25, 0.3) is 0 Å². The van der Waals surface area contributed by atoms with Gasteiger partial charge in [0, 0.05) is 11.8 Å². The lowest BCUT2D eigenvalue weighted by Gasteiger charge is -2.41. The highest BCUT2D eigenvalue weighted by molar-refractivity contribution is 7.42. The summed E-state index contributed by atoms with van der Waals surface area (Å²) in [5.74, 6) is 0.196. The molecule has 1 spiro atoms. The van der Waals surface area contributed by atoms with Gasteiger partial charge in [-0.15, -0.1) is 0 Å². The minimum absolute atomic E-state index is 0.0978. The molecule has 2 fully saturated rings. The molecule has 0 bridgehead atoms. The monoisotopic (exact) mass is 588 g/mol. The van der Waals surface area contributed by atoms with E-state index in [1.54, 1.807) is 0 Å². The van der Waals surface area contributed by atoms with Crippen molar-refractivity contribution in [2.24, 2.45) is 5.41 Å². The third kappa shape index (κ3) is 7.48. The molecule has 0 unspecified atom stereocenters. The van der Waals surface area contributed by atoms with Gasteiger partial charge < -0.3 is 27.1 Å². The van der Waals surface area contributed by atoms with Crippen LogP contribution in [0.2, 0.25) is 0 Å². The van der Waals surface area contributed by atoms with E-state index in [9.17, 15) is 0 Å². The SMILES string of the molecule is c1ccc(C(COP2OCC3(CO2)COP(OCC(c2ccccc2)c2ccccc2)OC3)c2ccccc2)cc1. The number of rotatable bonds is 10. The average molecular weight is 589 g/mol. The van der Waals surface area contributed by atoms with Gasteiger partial charge in [-0.3, -0.25) is 0 Å². The third-order valence-corrected chi connectivity index (χ3v) is 9.49. The summed E-state index contributed by atoms with van der Waals surface area (Å²) < 4.78 is 36.6. The molecule has 0 amide bonds. The van der Waals surface area contributed by atoms with Gasteiger partial charge in [-0.1, -0.05) is 121 Å². The van der Waals surface area contributed by atoms with Crippen molar-refractivity contribution < 1.29 is 27.1 Å². The van der Waals surface area contributed by atoms with Gasteiger partial charge in [0.25, 0.3) is 0 Å². The first-order valence-electron chi connectivity index (χ1n) is 13.9. The molecule has 6 rings (SSSR count). The number of hydrogen-bond acceptors (Lipinski definition) is 6. The first kappa shape index (κ1) is 28.6. The zero-order valence-corrected chi connectivity index (χ0v) is 24.6. The standard InChI is InChI=1S/C33H34O6P2/c1-5-13-27(14-6-1)31(28-15-7-2-8-16-28)21-34-40-36-23-33(24-37-40)25-38-41(39-26-33)35-22-32(29-17-9-3-10-18-29)30-19-11-4-12-20-30/h1-20,31-32H,21-26H2. The van der Waals surface area contributed by atoms with Crippen LogP contribution < -0.4 is 0 Å². The van der Waals surface area contributed by atoms with E-state index in [2.05, 4.69) is 97.1 Å². The molecule has 6 nitrogen and oxygen atoms in total. The van der Waals surface area contributed by atoms with Gasteiger partial charge in [-0.25, -0.2) is 0 Å². The topological polar surface area (TPSA) is 55.4 Å². The van der Waals surface area contributed by atoms with Crippen LogP contribution in [0.5, 0.6) is 0 Å². The molecule has 0 N–H and O–H groups in total. The van der Waals surface area contributed by atoms with E-state index in [-0.39, 0.29) is 17.3 Å². The molecule has 2 saturated heterocycles. The fourth-order valence-corrected chi connectivity index (χ4v) is 7.52. The van der Waals surface area contributed by atoms with Crippen molar-refractivity contribution in [3.05, 3.63) is 144 Å².